The third-order valence-corrected chi connectivity index (χ3v) is 6.15. The van der Waals surface area contributed by atoms with Crippen LogP contribution in [0.4, 0.5) is 0 Å². The van der Waals surface area contributed by atoms with E-state index in [4.69, 9.17) is 0 Å². The molecule has 1 amide bonds. The van der Waals surface area contributed by atoms with Gasteiger partial charge in [-0.25, -0.2) is 18.1 Å². The Bertz CT molecular complexity index is 570. The van der Waals surface area contributed by atoms with Crippen molar-refractivity contribution < 1.29 is 13.2 Å². The van der Waals surface area contributed by atoms with Crippen LogP contribution in [-0.2, 0) is 14.6 Å². The van der Waals surface area contributed by atoms with Crippen molar-refractivity contribution in [1.82, 2.24) is 19.7 Å². The molecule has 8 heteroatoms. The second kappa shape index (κ2) is 6.55. The van der Waals surface area contributed by atoms with Crippen LogP contribution in [0.3, 0.4) is 0 Å². The average Bonchev–Trinajstić information content (AvgIpc) is 3.00. The molecule has 1 aliphatic heterocycles. The van der Waals surface area contributed by atoms with E-state index in [0.717, 1.165) is 12.8 Å². The maximum atomic E-state index is 12.4. The second-order valence-corrected chi connectivity index (χ2v) is 7.91. The summed E-state index contributed by atoms with van der Waals surface area (Å²) in [4.78, 5) is 18.0. The standard InChI is InChI=1S/C13H22N4O3S/c1-3-7-21(19,20)11(2)13(18)16-6-4-5-12(8-16)17-10-14-9-15-17/h9-12H,3-8H2,1-2H3/t11-,12+/m1/s1. The average molecular weight is 314 g/mol. The van der Waals surface area contributed by atoms with Gasteiger partial charge in [-0.2, -0.15) is 5.10 Å². The lowest BCUT2D eigenvalue weighted by molar-refractivity contribution is -0.132. The Labute approximate surface area is 125 Å². The molecule has 0 N–H and O–H groups in total. The van der Waals surface area contributed by atoms with Gasteiger partial charge in [-0.15, -0.1) is 0 Å². The zero-order chi connectivity index (χ0) is 15.5. The first-order chi connectivity index (χ1) is 9.95. The minimum absolute atomic E-state index is 0.0558. The zero-order valence-corrected chi connectivity index (χ0v) is 13.3. The number of likely N-dealkylation sites (tertiary alicyclic amines) is 1. The lowest BCUT2D eigenvalue weighted by Gasteiger charge is -2.34. The third-order valence-electron chi connectivity index (χ3n) is 3.89. The predicted octanol–water partition coefficient (Wildman–Crippen LogP) is 0.655. The molecule has 2 heterocycles. The smallest absolute Gasteiger partial charge is 0.240 e. The van der Waals surface area contributed by atoms with E-state index in [1.165, 1.54) is 13.3 Å². The van der Waals surface area contributed by atoms with Crippen LogP contribution in [0, 0.1) is 0 Å². The molecular formula is C13H22N4O3S. The van der Waals surface area contributed by atoms with Crippen LogP contribution < -0.4 is 0 Å². The molecular weight excluding hydrogens is 292 g/mol. The molecule has 1 fully saturated rings. The monoisotopic (exact) mass is 314 g/mol. The van der Waals surface area contributed by atoms with Crippen molar-refractivity contribution in [1.29, 1.82) is 0 Å². The number of rotatable bonds is 5. The van der Waals surface area contributed by atoms with E-state index < -0.39 is 15.1 Å². The molecule has 2 rings (SSSR count). The summed E-state index contributed by atoms with van der Waals surface area (Å²) in [5, 5.41) is 3.14. The van der Waals surface area contributed by atoms with E-state index in [1.807, 2.05) is 0 Å². The fourth-order valence-corrected chi connectivity index (χ4v) is 4.03. The molecule has 0 spiro atoms. The summed E-state index contributed by atoms with van der Waals surface area (Å²) < 4.78 is 25.8. The fraction of sp³-hybridized carbons (Fsp3) is 0.769. The Kier molecular flexibility index (Phi) is 4.97. The Morgan fingerprint density at radius 3 is 2.86 bits per heavy atom. The highest BCUT2D eigenvalue weighted by Crippen LogP contribution is 2.22. The maximum Gasteiger partial charge on any atom is 0.240 e. The van der Waals surface area contributed by atoms with Crippen LogP contribution in [0.15, 0.2) is 12.7 Å². The van der Waals surface area contributed by atoms with Crippen molar-refractivity contribution in [2.75, 3.05) is 18.8 Å². The normalized spacial score (nSPS) is 21.2. The Balaban J connectivity index is 2.05. The lowest BCUT2D eigenvalue weighted by atomic mass is 10.1. The minimum Gasteiger partial charge on any atom is -0.339 e. The SMILES string of the molecule is CCCS(=O)(=O)[C@H](C)C(=O)N1CCC[C@H](n2cncn2)C1. The molecule has 1 saturated heterocycles. The van der Waals surface area contributed by atoms with E-state index in [2.05, 4.69) is 10.1 Å². The maximum absolute atomic E-state index is 12.4. The van der Waals surface area contributed by atoms with Gasteiger partial charge in [-0.1, -0.05) is 6.92 Å². The summed E-state index contributed by atoms with van der Waals surface area (Å²) in [5.74, 6) is -0.242. The molecule has 7 nitrogen and oxygen atoms in total. The van der Waals surface area contributed by atoms with Gasteiger partial charge in [0.05, 0.1) is 11.8 Å². The molecule has 1 aromatic rings. The van der Waals surface area contributed by atoms with Gasteiger partial charge in [-0.3, -0.25) is 4.79 Å². The highest BCUT2D eigenvalue weighted by Gasteiger charge is 2.33. The quantitative estimate of drug-likeness (QED) is 0.797. The zero-order valence-electron chi connectivity index (χ0n) is 12.5. The van der Waals surface area contributed by atoms with E-state index in [0.29, 0.717) is 19.5 Å². The summed E-state index contributed by atoms with van der Waals surface area (Å²) in [5.41, 5.74) is 0. The lowest BCUT2D eigenvalue weighted by Crippen LogP contribution is -2.47. The minimum atomic E-state index is -3.36. The summed E-state index contributed by atoms with van der Waals surface area (Å²) in [6.07, 6.45) is 5.40. The van der Waals surface area contributed by atoms with E-state index >= 15 is 0 Å². The third kappa shape index (κ3) is 3.61. The molecule has 1 aliphatic rings. The van der Waals surface area contributed by atoms with Gasteiger partial charge in [0.15, 0.2) is 9.84 Å². The van der Waals surface area contributed by atoms with Crippen molar-refractivity contribution in [2.24, 2.45) is 0 Å². The summed E-state index contributed by atoms with van der Waals surface area (Å²) >= 11 is 0. The Hall–Kier alpha value is -1.44. The number of amides is 1. The fourth-order valence-electron chi connectivity index (χ4n) is 2.65. The van der Waals surface area contributed by atoms with Crippen LogP contribution in [0.25, 0.3) is 0 Å². The van der Waals surface area contributed by atoms with Crippen molar-refractivity contribution in [3.05, 3.63) is 12.7 Å². The van der Waals surface area contributed by atoms with E-state index in [1.54, 1.807) is 22.8 Å². The largest absolute Gasteiger partial charge is 0.339 e. The van der Waals surface area contributed by atoms with Gasteiger partial charge in [0.25, 0.3) is 0 Å². The van der Waals surface area contributed by atoms with E-state index in [-0.39, 0.29) is 17.7 Å². The Morgan fingerprint density at radius 2 is 2.24 bits per heavy atom. The Morgan fingerprint density at radius 1 is 1.48 bits per heavy atom. The van der Waals surface area contributed by atoms with Crippen molar-refractivity contribution in [3.8, 4) is 0 Å². The molecule has 0 bridgehead atoms. The molecule has 0 aliphatic carbocycles. The van der Waals surface area contributed by atoms with Crippen LogP contribution in [0.2, 0.25) is 0 Å². The van der Waals surface area contributed by atoms with Crippen LogP contribution in [0.1, 0.15) is 39.2 Å². The molecule has 1 aromatic heterocycles. The van der Waals surface area contributed by atoms with Crippen molar-refractivity contribution in [3.63, 3.8) is 0 Å². The molecule has 0 aromatic carbocycles. The van der Waals surface area contributed by atoms with Crippen molar-refractivity contribution in [2.45, 2.75) is 44.4 Å². The van der Waals surface area contributed by atoms with Gasteiger partial charge in [0.1, 0.15) is 17.9 Å². The highest BCUT2D eigenvalue weighted by molar-refractivity contribution is 7.92. The number of aromatic nitrogens is 3. The van der Waals surface area contributed by atoms with Gasteiger partial charge in [-0.05, 0) is 26.2 Å². The number of carbonyl (C=O) groups excluding carboxylic acids is 1. The van der Waals surface area contributed by atoms with Crippen LogP contribution >= 0.6 is 0 Å². The molecule has 118 valence electrons. The number of hydrogen-bond donors (Lipinski definition) is 0. The topological polar surface area (TPSA) is 85.2 Å². The number of carbonyl (C=O) groups is 1. The van der Waals surface area contributed by atoms with Crippen molar-refractivity contribution >= 4 is 15.7 Å². The molecule has 21 heavy (non-hydrogen) atoms. The van der Waals surface area contributed by atoms with Crippen LogP contribution in [-0.4, -0.2) is 58.1 Å². The van der Waals surface area contributed by atoms with Gasteiger partial charge in [0, 0.05) is 13.1 Å². The molecule has 0 unspecified atom stereocenters. The number of nitrogens with zero attached hydrogens (tertiary/aromatic N) is 4. The van der Waals surface area contributed by atoms with Gasteiger partial charge < -0.3 is 4.90 Å². The number of sulfone groups is 1. The molecule has 0 radical (unpaired) electrons. The summed E-state index contributed by atoms with van der Waals surface area (Å²) in [6.45, 7) is 4.40. The van der Waals surface area contributed by atoms with E-state index in [9.17, 15) is 13.2 Å². The first-order valence-electron chi connectivity index (χ1n) is 7.30. The van der Waals surface area contributed by atoms with Gasteiger partial charge in [0.2, 0.25) is 5.91 Å². The summed E-state index contributed by atoms with van der Waals surface area (Å²) in [7, 11) is -3.36. The second-order valence-electron chi connectivity index (χ2n) is 5.47. The van der Waals surface area contributed by atoms with Gasteiger partial charge >= 0.3 is 0 Å². The first-order valence-corrected chi connectivity index (χ1v) is 9.01. The van der Waals surface area contributed by atoms with Crippen LogP contribution in [0.5, 0.6) is 0 Å². The predicted molar refractivity (Wildman–Crippen MR) is 78.4 cm³/mol. The first kappa shape index (κ1) is 15.9. The number of piperidine rings is 1. The molecule has 0 saturated carbocycles. The number of hydrogen-bond acceptors (Lipinski definition) is 5. The summed E-state index contributed by atoms with van der Waals surface area (Å²) in [6, 6.07) is 0.0753. The molecule has 2 atom stereocenters. The highest BCUT2D eigenvalue weighted by atomic mass is 32.2.